The van der Waals surface area contributed by atoms with Crippen LogP contribution in [0.1, 0.15) is 10.5 Å². The van der Waals surface area contributed by atoms with E-state index in [9.17, 15) is 15.0 Å². The van der Waals surface area contributed by atoms with Crippen molar-refractivity contribution in [2.24, 2.45) is 5.73 Å². The summed E-state index contributed by atoms with van der Waals surface area (Å²) in [4.78, 5) is 11.8. The summed E-state index contributed by atoms with van der Waals surface area (Å²) in [5, 5.41) is 26.5. The lowest BCUT2D eigenvalue weighted by Crippen LogP contribution is -2.12. The Morgan fingerprint density at radius 1 is 1.20 bits per heavy atom. The maximum absolute atomic E-state index is 11.8. The molecule has 0 saturated carbocycles. The van der Waals surface area contributed by atoms with Crippen LogP contribution >= 0.6 is 11.6 Å². The number of aromatic nitrogens is 2. The largest absolute Gasteiger partial charge is 0.507 e. The molecular formula is C17H14ClN3O4. The van der Waals surface area contributed by atoms with Crippen LogP contribution in [0.15, 0.2) is 36.4 Å². The quantitative estimate of drug-likeness (QED) is 0.570. The van der Waals surface area contributed by atoms with Crippen molar-refractivity contribution in [3.63, 3.8) is 0 Å². The Hall–Kier alpha value is -3.19. The number of hydrogen-bond donors (Lipinski definition) is 4. The number of phenols is 2. The number of phenolic OH excluding ortho intramolecular Hbond substituents is 2. The minimum Gasteiger partial charge on any atom is -0.507 e. The van der Waals surface area contributed by atoms with E-state index in [0.717, 1.165) is 6.07 Å². The molecule has 1 aromatic heterocycles. The number of primary amides is 1. The summed E-state index contributed by atoms with van der Waals surface area (Å²) < 4.78 is 5.13. The first-order valence-electron chi connectivity index (χ1n) is 7.16. The minimum absolute atomic E-state index is 0.0390. The molecule has 0 aliphatic rings. The van der Waals surface area contributed by atoms with Gasteiger partial charge in [0, 0.05) is 17.2 Å². The van der Waals surface area contributed by atoms with Crippen LogP contribution in [0.3, 0.4) is 0 Å². The van der Waals surface area contributed by atoms with Gasteiger partial charge < -0.3 is 20.7 Å². The van der Waals surface area contributed by atoms with E-state index < -0.39 is 5.91 Å². The van der Waals surface area contributed by atoms with Gasteiger partial charge in [0.05, 0.1) is 12.1 Å². The number of carbonyl (C=O) groups excluding carboxylic acids is 1. The van der Waals surface area contributed by atoms with Crippen LogP contribution < -0.4 is 10.5 Å². The van der Waals surface area contributed by atoms with Crippen LogP contribution in [-0.2, 0) is 0 Å². The average Bonchev–Trinajstić information content (AvgIpc) is 3.03. The lowest BCUT2D eigenvalue weighted by atomic mass is 9.98. The van der Waals surface area contributed by atoms with E-state index >= 15 is 0 Å². The molecule has 2 aromatic carbocycles. The van der Waals surface area contributed by atoms with Gasteiger partial charge in [0.15, 0.2) is 0 Å². The van der Waals surface area contributed by atoms with Crippen molar-refractivity contribution in [3.05, 3.63) is 47.1 Å². The predicted molar refractivity (Wildman–Crippen MR) is 92.9 cm³/mol. The number of nitrogens with one attached hydrogen (secondary N) is 1. The number of amides is 1. The van der Waals surface area contributed by atoms with Crippen molar-refractivity contribution >= 4 is 17.5 Å². The van der Waals surface area contributed by atoms with E-state index in [1.807, 2.05) is 0 Å². The molecule has 1 heterocycles. The van der Waals surface area contributed by atoms with Crippen molar-refractivity contribution in [3.8, 4) is 39.6 Å². The number of hydrogen-bond acceptors (Lipinski definition) is 5. The van der Waals surface area contributed by atoms with Crippen LogP contribution in [0.5, 0.6) is 17.2 Å². The maximum atomic E-state index is 11.8. The van der Waals surface area contributed by atoms with Crippen LogP contribution in [0.25, 0.3) is 22.4 Å². The molecule has 8 heteroatoms. The number of carbonyl (C=O) groups is 1. The molecule has 0 bridgehead atoms. The van der Waals surface area contributed by atoms with E-state index in [4.69, 9.17) is 22.1 Å². The van der Waals surface area contributed by atoms with Gasteiger partial charge in [-0.1, -0.05) is 23.7 Å². The fourth-order valence-electron chi connectivity index (χ4n) is 2.49. The van der Waals surface area contributed by atoms with Crippen LogP contribution in [-0.4, -0.2) is 33.4 Å². The molecular weight excluding hydrogens is 346 g/mol. The van der Waals surface area contributed by atoms with Crippen LogP contribution in [0.4, 0.5) is 0 Å². The number of rotatable bonds is 4. The molecule has 7 nitrogen and oxygen atoms in total. The molecule has 0 radical (unpaired) electrons. The smallest absolute Gasteiger partial charge is 0.267 e. The zero-order chi connectivity index (χ0) is 18.1. The van der Waals surface area contributed by atoms with E-state index in [0.29, 0.717) is 16.9 Å². The number of aromatic amines is 1. The molecule has 0 atom stereocenters. The molecule has 0 aliphatic heterocycles. The van der Waals surface area contributed by atoms with Crippen molar-refractivity contribution in [1.82, 2.24) is 10.2 Å². The molecule has 3 rings (SSSR count). The lowest BCUT2D eigenvalue weighted by Gasteiger charge is -2.09. The first kappa shape index (κ1) is 16.7. The van der Waals surface area contributed by atoms with Crippen molar-refractivity contribution in [1.29, 1.82) is 0 Å². The Morgan fingerprint density at radius 2 is 1.88 bits per heavy atom. The number of ether oxygens (including phenoxy) is 1. The second-order valence-corrected chi connectivity index (χ2v) is 5.64. The predicted octanol–water partition coefficient (Wildman–Crippen LogP) is 2.92. The standard InChI is InChI=1S/C17H14ClN3O4/c1-25-9-4-2-8(3-5-9)14-15(20-21-16(14)17(19)24)10-6-11(18)13(23)7-12(10)22/h2-7,22-23H,1H3,(H2,19,24)(H,20,21). The third-order valence-electron chi connectivity index (χ3n) is 3.71. The average molecular weight is 360 g/mol. The number of nitrogens with zero attached hydrogens (tertiary/aromatic N) is 1. The summed E-state index contributed by atoms with van der Waals surface area (Å²) in [5.74, 6) is -0.558. The van der Waals surface area contributed by atoms with Gasteiger partial charge in [-0.3, -0.25) is 9.89 Å². The van der Waals surface area contributed by atoms with E-state index in [2.05, 4.69) is 10.2 Å². The molecule has 0 fully saturated rings. The zero-order valence-electron chi connectivity index (χ0n) is 13.1. The summed E-state index contributed by atoms with van der Waals surface area (Å²) in [6.45, 7) is 0. The molecule has 0 spiro atoms. The molecule has 0 aliphatic carbocycles. The number of methoxy groups -OCH3 is 1. The fraction of sp³-hybridized carbons (Fsp3) is 0.0588. The van der Waals surface area contributed by atoms with Gasteiger partial charge in [0.1, 0.15) is 28.6 Å². The molecule has 0 saturated heterocycles. The van der Waals surface area contributed by atoms with Gasteiger partial charge in [-0.25, -0.2) is 0 Å². The molecule has 3 aromatic rings. The van der Waals surface area contributed by atoms with Crippen molar-refractivity contribution < 1.29 is 19.7 Å². The van der Waals surface area contributed by atoms with Gasteiger partial charge >= 0.3 is 0 Å². The Balaban J connectivity index is 2.25. The van der Waals surface area contributed by atoms with Crippen LogP contribution in [0, 0.1) is 0 Å². The zero-order valence-corrected chi connectivity index (χ0v) is 13.8. The Kier molecular flexibility index (Phi) is 4.24. The third-order valence-corrected chi connectivity index (χ3v) is 4.01. The first-order chi connectivity index (χ1) is 11.9. The van der Waals surface area contributed by atoms with E-state index in [1.165, 1.54) is 6.07 Å². The second kappa shape index (κ2) is 6.37. The first-order valence-corrected chi connectivity index (χ1v) is 7.54. The second-order valence-electron chi connectivity index (χ2n) is 5.24. The number of H-pyrrole nitrogens is 1. The molecule has 0 unspecified atom stereocenters. The highest BCUT2D eigenvalue weighted by molar-refractivity contribution is 6.32. The highest BCUT2D eigenvalue weighted by Gasteiger charge is 2.23. The van der Waals surface area contributed by atoms with Gasteiger partial charge in [0.2, 0.25) is 0 Å². The monoisotopic (exact) mass is 359 g/mol. The topological polar surface area (TPSA) is 121 Å². The SMILES string of the molecule is COc1ccc(-c2c(-c3cc(Cl)c(O)cc3O)n[nH]c2C(N)=O)cc1. The molecule has 1 amide bonds. The van der Waals surface area contributed by atoms with Gasteiger partial charge in [0.25, 0.3) is 5.91 Å². The van der Waals surface area contributed by atoms with Gasteiger partial charge in [-0.2, -0.15) is 5.10 Å². The highest BCUT2D eigenvalue weighted by Crippen LogP contribution is 2.41. The number of halogens is 1. The number of aromatic hydroxyl groups is 2. The highest BCUT2D eigenvalue weighted by atomic mass is 35.5. The minimum atomic E-state index is -0.700. The molecule has 25 heavy (non-hydrogen) atoms. The van der Waals surface area contributed by atoms with Crippen molar-refractivity contribution in [2.45, 2.75) is 0 Å². The normalized spacial score (nSPS) is 10.6. The van der Waals surface area contributed by atoms with Gasteiger partial charge in [-0.05, 0) is 23.8 Å². The summed E-state index contributed by atoms with van der Waals surface area (Å²) in [7, 11) is 1.55. The maximum Gasteiger partial charge on any atom is 0.267 e. The van der Waals surface area contributed by atoms with E-state index in [-0.39, 0.29) is 33.5 Å². The van der Waals surface area contributed by atoms with E-state index in [1.54, 1.807) is 31.4 Å². The lowest BCUT2D eigenvalue weighted by molar-refractivity contribution is 0.0996. The summed E-state index contributed by atoms with van der Waals surface area (Å²) >= 11 is 5.94. The number of nitrogens with two attached hydrogens (primary N) is 1. The van der Waals surface area contributed by atoms with Crippen molar-refractivity contribution in [2.75, 3.05) is 7.11 Å². The Labute approximate surface area is 147 Å². The Morgan fingerprint density at radius 3 is 2.48 bits per heavy atom. The van der Waals surface area contributed by atoms with Crippen LogP contribution in [0.2, 0.25) is 5.02 Å². The van der Waals surface area contributed by atoms with Gasteiger partial charge in [-0.15, -0.1) is 0 Å². The summed E-state index contributed by atoms with van der Waals surface area (Å²) in [6.07, 6.45) is 0. The fourth-order valence-corrected chi connectivity index (χ4v) is 2.66. The molecule has 128 valence electrons. The number of benzene rings is 2. The molecule has 5 N–H and O–H groups in total. The Bertz CT molecular complexity index is 951. The summed E-state index contributed by atoms with van der Waals surface area (Å²) in [6, 6.07) is 9.38. The summed E-state index contributed by atoms with van der Waals surface area (Å²) in [5.41, 5.74) is 7.09. The third kappa shape index (κ3) is 2.97.